The Morgan fingerprint density at radius 2 is 1.58 bits per heavy atom. The van der Waals surface area contributed by atoms with Gasteiger partial charge in [-0.15, -0.1) is 0 Å². The van der Waals surface area contributed by atoms with E-state index in [2.05, 4.69) is 4.57 Å². The number of ether oxygens (including phenoxy) is 2. The minimum Gasteiger partial charge on any atom is -0.491 e. The van der Waals surface area contributed by atoms with E-state index in [1.165, 1.54) is 23.5 Å². The molecule has 1 aliphatic heterocycles. The molecule has 0 unspecified atom stereocenters. The van der Waals surface area contributed by atoms with Gasteiger partial charge in [0.15, 0.2) is 4.80 Å². The van der Waals surface area contributed by atoms with Crippen molar-refractivity contribution in [2.75, 3.05) is 6.61 Å². The van der Waals surface area contributed by atoms with Crippen LogP contribution in [0.15, 0.2) is 136 Å². The molecule has 0 radical (unpaired) electrons. The molecule has 53 heavy (non-hydrogen) atoms. The van der Waals surface area contributed by atoms with Gasteiger partial charge in [-0.05, 0) is 80.8 Å². The molecule has 7 rings (SSSR count). The van der Waals surface area contributed by atoms with Gasteiger partial charge in [0.25, 0.3) is 11.2 Å². The molecule has 0 spiro atoms. The Morgan fingerprint density at radius 3 is 2.19 bits per heavy atom. The van der Waals surface area contributed by atoms with Gasteiger partial charge in [0, 0.05) is 23.4 Å². The van der Waals surface area contributed by atoms with Crippen molar-refractivity contribution in [2.45, 2.75) is 39.8 Å². The van der Waals surface area contributed by atoms with Crippen LogP contribution in [0.1, 0.15) is 44.9 Å². The number of thiazole rings is 1. The lowest BCUT2D eigenvalue weighted by molar-refractivity contribution is -0.384. The molecule has 11 heteroatoms. The van der Waals surface area contributed by atoms with Crippen molar-refractivity contribution < 1.29 is 19.2 Å². The van der Waals surface area contributed by atoms with Crippen molar-refractivity contribution in [2.24, 2.45) is 4.99 Å². The number of fused-ring (bicyclic) bond motifs is 1. The number of non-ortho nitro benzene ring substituents is 1. The number of carbonyl (C=O) groups excluding carboxylic acids is 1. The van der Waals surface area contributed by atoms with Gasteiger partial charge in [-0.2, -0.15) is 0 Å². The van der Waals surface area contributed by atoms with Crippen LogP contribution >= 0.6 is 11.3 Å². The largest absolute Gasteiger partial charge is 0.491 e. The van der Waals surface area contributed by atoms with Crippen molar-refractivity contribution in [3.8, 4) is 34.0 Å². The van der Waals surface area contributed by atoms with Crippen LogP contribution < -0.4 is 19.6 Å². The highest BCUT2D eigenvalue weighted by molar-refractivity contribution is 7.07. The third-order valence-electron chi connectivity index (χ3n) is 8.84. The Balaban J connectivity index is 1.47. The number of allylic oxidation sites excluding steroid dienone is 1. The summed E-state index contributed by atoms with van der Waals surface area (Å²) in [5.41, 5.74) is 6.07. The van der Waals surface area contributed by atoms with E-state index in [1.54, 1.807) is 30.5 Å². The number of rotatable bonds is 10. The van der Waals surface area contributed by atoms with E-state index in [9.17, 15) is 19.7 Å². The SMILES string of the molecule is CCOC(=O)C1=C(C)N=c2s/c(=C\c3cc(-c4ccccc4)n(-c4ccc([N+](=O)[O-])cc4)c3-c3ccccc3)c(=O)n2[C@H]1c1ccc(OC(C)C)cc1. The maximum Gasteiger partial charge on any atom is 0.338 e. The summed E-state index contributed by atoms with van der Waals surface area (Å²) in [6, 6.07) is 34.7. The average molecular weight is 725 g/mol. The van der Waals surface area contributed by atoms with Crippen LogP contribution in [0.25, 0.3) is 34.3 Å². The number of esters is 1. The first-order valence-corrected chi connectivity index (χ1v) is 18.0. The van der Waals surface area contributed by atoms with Gasteiger partial charge >= 0.3 is 5.97 Å². The molecule has 0 N–H and O–H groups in total. The molecule has 4 aromatic carbocycles. The summed E-state index contributed by atoms with van der Waals surface area (Å²) in [7, 11) is 0. The standard InChI is InChI=1S/C42H36N4O6S/c1-5-51-41(48)37-27(4)43-42-45(39(37)30-16-22-34(23-17-30)52-26(2)3)40(47)36(53-42)25-31-24-35(28-12-8-6-9-13-28)44(38(31)29-14-10-7-11-15-29)32-18-20-33(21-19-32)46(49)50/h6-26,39H,5H2,1-4H3/b36-25-/t39-/m0/s1. The molecule has 0 bridgehead atoms. The lowest BCUT2D eigenvalue weighted by atomic mass is 9.96. The van der Waals surface area contributed by atoms with Crippen LogP contribution in [-0.2, 0) is 9.53 Å². The summed E-state index contributed by atoms with van der Waals surface area (Å²) in [6.45, 7) is 7.57. The first-order chi connectivity index (χ1) is 25.6. The highest BCUT2D eigenvalue weighted by Crippen LogP contribution is 2.37. The fourth-order valence-electron chi connectivity index (χ4n) is 6.59. The second-order valence-corrected chi connectivity index (χ2v) is 13.7. The third kappa shape index (κ3) is 6.86. The van der Waals surface area contributed by atoms with Crippen LogP contribution in [0.3, 0.4) is 0 Å². The second kappa shape index (κ2) is 14.7. The van der Waals surface area contributed by atoms with E-state index in [-0.39, 0.29) is 24.0 Å². The number of nitro benzene ring substituents is 1. The minimum atomic E-state index is -0.779. The maximum atomic E-state index is 14.6. The molecule has 2 aromatic heterocycles. The van der Waals surface area contributed by atoms with Gasteiger partial charge in [0.05, 0.1) is 50.9 Å². The van der Waals surface area contributed by atoms with Crippen molar-refractivity contribution in [3.05, 3.63) is 167 Å². The fraction of sp³-hybridized carbons (Fsp3) is 0.167. The number of nitrogens with zero attached hydrogens (tertiary/aromatic N) is 4. The molecule has 0 fully saturated rings. The molecule has 6 aromatic rings. The predicted molar refractivity (Wildman–Crippen MR) is 206 cm³/mol. The van der Waals surface area contributed by atoms with E-state index in [0.29, 0.717) is 37.6 Å². The quantitative estimate of drug-likeness (QED) is 0.0815. The number of aromatic nitrogens is 2. The summed E-state index contributed by atoms with van der Waals surface area (Å²) in [6.07, 6.45) is 1.84. The van der Waals surface area contributed by atoms with E-state index in [4.69, 9.17) is 14.5 Å². The normalized spacial score (nSPS) is 14.2. The molecule has 266 valence electrons. The van der Waals surface area contributed by atoms with Crippen LogP contribution in [0, 0.1) is 10.1 Å². The molecule has 1 atom stereocenters. The van der Waals surface area contributed by atoms with E-state index >= 15 is 0 Å². The molecule has 0 saturated carbocycles. The van der Waals surface area contributed by atoms with Crippen molar-refractivity contribution in [3.63, 3.8) is 0 Å². The lowest BCUT2D eigenvalue weighted by Gasteiger charge is -2.25. The average Bonchev–Trinajstić information content (AvgIpc) is 3.68. The topological polar surface area (TPSA) is 118 Å². The molecular weight excluding hydrogens is 689 g/mol. The smallest absolute Gasteiger partial charge is 0.338 e. The maximum absolute atomic E-state index is 14.6. The van der Waals surface area contributed by atoms with Crippen LogP contribution in [0.2, 0.25) is 0 Å². The lowest BCUT2D eigenvalue weighted by Crippen LogP contribution is -2.39. The summed E-state index contributed by atoms with van der Waals surface area (Å²) in [4.78, 5) is 44.5. The number of hydrogen-bond acceptors (Lipinski definition) is 8. The summed E-state index contributed by atoms with van der Waals surface area (Å²) >= 11 is 1.25. The highest BCUT2D eigenvalue weighted by Gasteiger charge is 2.33. The van der Waals surface area contributed by atoms with Gasteiger partial charge in [-0.3, -0.25) is 19.5 Å². The number of benzene rings is 4. The van der Waals surface area contributed by atoms with Crippen LogP contribution in [0.5, 0.6) is 5.75 Å². The van der Waals surface area contributed by atoms with Gasteiger partial charge in [-0.25, -0.2) is 9.79 Å². The Hall–Kier alpha value is -6.33. The molecular formula is C42H36N4O6S. The van der Waals surface area contributed by atoms with Crippen molar-refractivity contribution in [1.82, 2.24) is 9.13 Å². The Bertz CT molecular complexity index is 2530. The molecule has 0 aliphatic carbocycles. The Kier molecular flexibility index (Phi) is 9.75. The van der Waals surface area contributed by atoms with Gasteiger partial charge < -0.3 is 14.0 Å². The Morgan fingerprint density at radius 1 is 0.943 bits per heavy atom. The zero-order chi connectivity index (χ0) is 37.2. The van der Waals surface area contributed by atoms with Crippen molar-refractivity contribution >= 4 is 29.1 Å². The summed E-state index contributed by atoms with van der Waals surface area (Å²) in [5, 5.41) is 11.5. The molecule has 0 amide bonds. The first kappa shape index (κ1) is 35.1. The number of carbonyl (C=O) groups is 1. The van der Waals surface area contributed by atoms with Crippen molar-refractivity contribution in [1.29, 1.82) is 0 Å². The van der Waals surface area contributed by atoms with Crippen LogP contribution in [0.4, 0.5) is 5.69 Å². The molecule has 10 nitrogen and oxygen atoms in total. The van der Waals surface area contributed by atoms with E-state index < -0.39 is 16.9 Å². The molecule has 1 aliphatic rings. The first-order valence-electron chi connectivity index (χ1n) is 17.2. The minimum absolute atomic E-state index is 0.0149. The summed E-state index contributed by atoms with van der Waals surface area (Å²) in [5.74, 6) is 0.143. The van der Waals surface area contributed by atoms with Gasteiger partial charge in [-0.1, -0.05) is 84.1 Å². The Labute approximate surface area is 309 Å². The monoisotopic (exact) mass is 724 g/mol. The number of nitro groups is 1. The highest BCUT2D eigenvalue weighted by atomic mass is 32.1. The van der Waals surface area contributed by atoms with E-state index in [1.807, 2.05) is 111 Å². The molecule has 0 saturated heterocycles. The van der Waals surface area contributed by atoms with E-state index in [0.717, 1.165) is 28.1 Å². The predicted octanol–water partition coefficient (Wildman–Crippen LogP) is 7.62. The fourth-order valence-corrected chi connectivity index (χ4v) is 7.63. The zero-order valence-electron chi connectivity index (χ0n) is 29.6. The van der Waals surface area contributed by atoms with Crippen LogP contribution in [-0.4, -0.2) is 32.7 Å². The van der Waals surface area contributed by atoms with Gasteiger partial charge in [0.1, 0.15) is 5.75 Å². The van der Waals surface area contributed by atoms with Gasteiger partial charge in [0.2, 0.25) is 0 Å². The third-order valence-corrected chi connectivity index (χ3v) is 9.82. The second-order valence-electron chi connectivity index (χ2n) is 12.7. The number of hydrogen-bond donors (Lipinski definition) is 0. The zero-order valence-corrected chi connectivity index (χ0v) is 30.4. The molecule has 3 heterocycles. The summed E-state index contributed by atoms with van der Waals surface area (Å²) < 4.78 is 15.4.